The fourth-order valence-electron chi connectivity index (χ4n) is 1.91. The molecule has 1 aliphatic heterocycles. The molecule has 1 N–H and O–H groups in total. The molecule has 12 heavy (non-hydrogen) atoms. The number of alkyl halides is 1. The molecule has 1 atom stereocenters. The monoisotopic (exact) mass is 233 g/mol. The van der Waals surface area contributed by atoms with Crippen molar-refractivity contribution in [3.05, 3.63) is 0 Å². The molecule has 0 radical (unpaired) electrons. The van der Waals surface area contributed by atoms with Gasteiger partial charge in [0.1, 0.15) is 0 Å². The van der Waals surface area contributed by atoms with E-state index in [2.05, 4.69) is 35.1 Å². The molecule has 1 saturated heterocycles. The number of amides is 1. The molecule has 0 aliphatic carbocycles. The Kier molecular flexibility index (Phi) is 3.16. The van der Waals surface area contributed by atoms with Crippen molar-refractivity contribution in [2.45, 2.75) is 39.2 Å². The van der Waals surface area contributed by atoms with Crippen LogP contribution in [0.3, 0.4) is 0 Å². The van der Waals surface area contributed by atoms with E-state index in [1.807, 2.05) is 0 Å². The van der Waals surface area contributed by atoms with Crippen LogP contribution in [-0.4, -0.2) is 17.3 Å². The average molecular weight is 234 g/mol. The van der Waals surface area contributed by atoms with Crippen molar-refractivity contribution < 1.29 is 4.79 Å². The maximum Gasteiger partial charge on any atom is 0.226 e. The first-order valence-electron chi connectivity index (χ1n) is 4.55. The van der Waals surface area contributed by atoms with E-state index in [0.29, 0.717) is 6.04 Å². The molecule has 0 bridgehead atoms. The van der Waals surface area contributed by atoms with Crippen molar-refractivity contribution in [1.29, 1.82) is 0 Å². The van der Waals surface area contributed by atoms with Gasteiger partial charge in [-0.3, -0.25) is 4.79 Å². The molecule has 0 spiro atoms. The van der Waals surface area contributed by atoms with Gasteiger partial charge < -0.3 is 5.32 Å². The Morgan fingerprint density at radius 2 is 2.17 bits per heavy atom. The summed E-state index contributed by atoms with van der Waals surface area (Å²) in [6.45, 7) is 4.19. The maximum atomic E-state index is 11.6. The zero-order valence-electron chi connectivity index (χ0n) is 7.69. The lowest BCUT2D eigenvalue weighted by Crippen LogP contribution is -2.31. The molecule has 0 aromatic rings. The summed E-state index contributed by atoms with van der Waals surface area (Å²) in [5.41, 5.74) is -0.0710. The van der Waals surface area contributed by atoms with Crippen LogP contribution >= 0.6 is 15.9 Å². The smallest absolute Gasteiger partial charge is 0.226 e. The number of hydrogen-bond acceptors (Lipinski definition) is 1. The first-order chi connectivity index (χ1) is 5.68. The minimum absolute atomic E-state index is 0.0710. The third-order valence-corrected chi connectivity index (χ3v) is 3.78. The summed E-state index contributed by atoms with van der Waals surface area (Å²) in [5, 5.41) is 3.89. The predicted octanol–water partition coefficient (Wildman–Crippen LogP) is 2.08. The number of hydrogen-bond donors (Lipinski definition) is 1. The Morgan fingerprint density at radius 3 is 2.42 bits per heavy atom. The van der Waals surface area contributed by atoms with Crippen molar-refractivity contribution in [2.75, 3.05) is 5.33 Å². The zero-order valence-corrected chi connectivity index (χ0v) is 9.28. The molecule has 1 heterocycles. The number of halogens is 1. The summed E-state index contributed by atoms with van der Waals surface area (Å²) < 4.78 is 0. The molecule has 1 fully saturated rings. The van der Waals surface area contributed by atoms with E-state index in [9.17, 15) is 4.79 Å². The zero-order chi connectivity index (χ0) is 9.19. The number of nitrogens with one attached hydrogen (secondary N) is 1. The van der Waals surface area contributed by atoms with Gasteiger partial charge in [-0.1, -0.05) is 29.8 Å². The van der Waals surface area contributed by atoms with Gasteiger partial charge in [-0.25, -0.2) is 0 Å². The molecule has 0 aromatic carbocycles. The van der Waals surface area contributed by atoms with Crippen LogP contribution in [0, 0.1) is 5.41 Å². The van der Waals surface area contributed by atoms with Crippen LogP contribution in [0.1, 0.15) is 33.1 Å². The molecule has 1 rings (SSSR count). The highest BCUT2D eigenvalue weighted by Gasteiger charge is 2.43. The van der Waals surface area contributed by atoms with Gasteiger partial charge in [0, 0.05) is 11.4 Å². The topological polar surface area (TPSA) is 29.1 Å². The lowest BCUT2D eigenvalue weighted by Gasteiger charge is -2.21. The highest BCUT2D eigenvalue weighted by Crippen LogP contribution is 2.37. The van der Waals surface area contributed by atoms with Gasteiger partial charge in [0.05, 0.1) is 5.41 Å². The van der Waals surface area contributed by atoms with Crippen LogP contribution in [0.4, 0.5) is 0 Å². The van der Waals surface area contributed by atoms with Gasteiger partial charge in [-0.15, -0.1) is 0 Å². The third kappa shape index (κ3) is 1.51. The van der Waals surface area contributed by atoms with Crippen LogP contribution in [0.25, 0.3) is 0 Å². The molecule has 1 amide bonds. The number of rotatable bonds is 3. The summed E-state index contributed by atoms with van der Waals surface area (Å²) in [5.74, 6) is 0.247. The van der Waals surface area contributed by atoms with Crippen LogP contribution in [0.5, 0.6) is 0 Å². The van der Waals surface area contributed by atoms with E-state index in [4.69, 9.17) is 0 Å². The molecular weight excluding hydrogens is 218 g/mol. The van der Waals surface area contributed by atoms with E-state index < -0.39 is 0 Å². The highest BCUT2D eigenvalue weighted by atomic mass is 79.9. The predicted molar refractivity (Wildman–Crippen MR) is 53.4 cm³/mol. The lowest BCUT2D eigenvalue weighted by atomic mass is 9.80. The van der Waals surface area contributed by atoms with Gasteiger partial charge in [-0.2, -0.15) is 0 Å². The second kappa shape index (κ2) is 3.77. The third-order valence-electron chi connectivity index (χ3n) is 2.99. The molecular formula is C9H16BrNO. The van der Waals surface area contributed by atoms with Crippen LogP contribution in [0.15, 0.2) is 0 Å². The Hall–Kier alpha value is -0.0500. The second-order valence-corrected chi connectivity index (χ2v) is 4.16. The lowest BCUT2D eigenvalue weighted by molar-refractivity contribution is -0.128. The minimum Gasteiger partial charge on any atom is -0.352 e. The van der Waals surface area contributed by atoms with E-state index in [1.165, 1.54) is 0 Å². The first kappa shape index (κ1) is 10.0. The fraction of sp³-hybridized carbons (Fsp3) is 0.889. The van der Waals surface area contributed by atoms with Gasteiger partial charge in [0.15, 0.2) is 0 Å². The second-order valence-electron chi connectivity index (χ2n) is 3.52. The SMILES string of the molecule is CCC1(CC)C[C@@H](CBr)NC1=O. The van der Waals surface area contributed by atoms with Crippen molar-refractivity contribution in [2.24, 2.45) is 5.41 Å². The maximum absolute atomic E-state index is 11.6. The molecule has 3 heteroatoms. The number of carbonyl (C=O) groups is 1. The van der Waals surface area contributed by atoms with E-state index in [1.54, 1.807) is 0 Å². The van der Waals surface area contributed by atoms with Crippen LogP contribution in [-0.2, 0) is 4.79 Å². The summed E-state index contributed by atoms with van der Waals surface area (Å²) >= 11 is 3.40. The minimum atomic E-state index is -0.0710. The van der Waals surface area contributed by atoms with Gasteiger partial charge in [0.2, 0.25) is 5.91 Å². The average Bonchev–Trinajstić information content (AvgIpc) is 2.43. The van der Waals surface area contributed by atoms with Gasteiger partial charge in [0.25, 0.3) is 0 Å². The Labute approximate surface area is 82.2 Å². The van der Waals surface area contributed by atoms with Gasteiger partial charge >= 0.3 is 0 Å². The Balaban J connectivity index is 2.72. The summed E-state index contributed by atoms with van der Waals surface area (Å²) in [6.07, 6.45) is 2.90. The molecule has 2 nitrogen and oxygen atoms in total. The Morgan fingerprint density at radius 1 is 1.58 bits per heavy atom. The summed E-state index contributed by atoms with van der Waals surface area (Å²) in [6, 6.07) is 0.345. The standard InChI is InChI=1S/C9H16BrNO/c1-3-9(4-2)5-7(6-10)11-8(9)12/h7H,3-6H2,1-2H3,(H,11,12)/t7-/m0/s1. The first-order valence-corrected chi connectivity index (χ1v) is 5.67. The largest absolute Gasteiger partial charge is 0.352 e. The molecule has 70 valence electrons. The van der Waals surface area contributed by atoms with Crippen molar-refractivity contribution in [3.8, 4) is 0 Å². The normalized spacial score (nSPS) is 27.2. The molecule has 0 unspecified atom stereocenters. The number of carbonyl (C=O) groups excluding carboxylic acids is 1. The van der Waals surface area contributed by atoms with Gasteiger partial charge in [-0.05, 0) is 19.3 Å². The fourth-order valence-corrected chi connectivity index (χ4v) is 2.30. The van der Waals surface area contributed by atoms with Crippen LogP contribution < -0.4 is 5.32 Å². The molecule has 0 saturated carbocycles. The molecule has 0 aromatic heterocycles. The van der Waals surface area contributed by atoms with E-state index in [-0.39, 0.29) is 11.3 Å². The van der Waals surface area contributed by atoms with E-state index >= 15 is 0 Å². The van der Waals surface area contributed by atoms with Crippen molar-refractivity contribution in [3.63, 3.8) is 0 Å². The quantitative estimate of drug-likeness (QED) is 0.744. The Bertz CT molecular complexity index is 177. The van der Waals surface area contributed by atoms with Crippen LogP contribution in [0.2, 0.25) is 0 Å². The highest BCUT2D eigenvalue weighted by molar-refractivity contribution is 9.09. The summed E-state index contributed by atoms with van der Waals surface area (Å²) in [7, 11) is 0. The van der Waals surface area contributed by atoms with Crippen molar-refractivity contribution in [1.82, 2.24) is 5.32 Å². The van der Waals surface area contributed by atoms with E-state index in [0.717, 1.165) is 24.6 Å². The molecule has 1 aliphatic rings. The van der Waals surface area contributed by atoms with Crippen molar-refractivity contribution >= 4 is 21.8 Å². The summed E-state index contributed by atoms with van der Waals surface area (Å²) in [4.78, 5) is 11.6.